The summed E-state index contributed by atoms with van der Waals surface area (Å²) in [5.74, 6) is 0.0560. The summed E-state index contributed by atoms with van der Waals surface area (Å²) < 4.78 is 0. The van der Waals surface area contributed by atoms with Gasteiger partial charge in [-0.3, -0.25) is 9.59 Å². The number of nitrogens with zero attached hydrogens (tertiary/aromatic N) is 1. The van der Waals surface area contributed by atoms with Crippen LogP contribution in [-0.4, -0.2) is 49.9 Å². The molecule has 0 heterocycles. The minimum atomic E-state index is -0.0109. The Bertz CT molecular complexity index is 242. The zero-order valence-corrected chi connectivity index (χ0v) is 11.4. The van der Waals surface area contributed by atoms with E-state index in [0.29, 0.717) is 13.0 Å². The van der Waals surface area contributed by atoms with Gasteiger partial charge in [-0.2, -0.15) is 0 Å². The van der Waals surface area contributed by atoms with Crippen LogP contribution in [0, 0.1) is 0 Å². The largest absolute Gasteiger partial charge is 0.353 e. The zero-order chi connectivity index (χ0) is 13.3. The summed E-state index contributed by atoms with van der Waals surface area (Å²) >= 11 is 0. The second kappa shape index (κ2) is 8.98. The van der Waals surface area contributed by atoms with E-state index in [4.69, 9.17) is 0 Å². The molecule has 1 atom stereocenters. The first-order chi connectivity index (χ1) is 7.97. The van der Waals surface area contributed by atoms with Crippen LogP contribution in [-0.2, 0) is 9.59 Å². The lowest BCUT2D eigenvalue weighted by molar-refractivity contribution is -0.128. The lowest BCUT2D eigenvalue weighted by Gasteiger charge is -2.13. The third kappa shape index (κ3) is 8.68. The van der Waals surface area contributed by atoms with Crippen molar-refractivity contribution in [3.8, 4) is 0 Å². The molecular weight excluding hydrogens is 218 g/mol. The maximum absolute atomic E-state index is 11.4. The van der Waals surface area contributed by atoms with Gasteiger partial charge in [-0.1, -0.05) is 13.3 Å². The standard InChI is InChI=1S/C12H25N3O2/c1-5-6-10(2)14-11(16)9-13-8-7-12(17)15(3)4/h10,13H,5-9H2,1-4H3,(H,14,16). The molecule has 2 amide bonds. The Morgan fingerprint density at radius 3 is 2.47 bits per heavy atom. The zero-order valence-electron chi connectivity index (χ0n) is 11.4. The Morgan fingerprint density at radius 1 is 1.29 bits per heavy atom. The van der Waals surface area contributed by atoms with Crippen LogP contribution in [0.4, 0.5) is 0 Å². The first-order valence-electron chi connectivity index (χ1n) is 6.17. The molecule has 2 N–H and O–H groups in total. The predicted molar refractivity (Wildman–Crippen MR) is 68.7 cm³/mol. The van der Waals surface area contributed by atoms with Crippen molar-refractivity contribution >= 4 is 11.8 Å². The third-order valence-corrected chi connectivity index (χ3v) is 2.43. The molecule has 0 saturated heterocycles. The van der Waals surface area contributed by atoms with E-state index in [-0.39, 0.29) is 24.4 Å². The van der Waals surface area contributed by atoms with E-state index in [0.717, 1.165) is 12.8 Å². The van der Waals surface area contributed by atoms with Crippen LogP contribution in [0.15, 0.2) is 0 Å². The SMILES string of the molecule is CCCC(C)NC(=O)CNCCC(=O)N(C)C. The monoisotopic (exact) mass is 243 g/mol. The normalized spacial score (nSPS) is 12.0. The molecule has 17 heavy (non-hydrogen) atoms. The van der Waals surface area contributed by atoms with Gasteiger partial charge in [0, 0.05) is 33.1 Å². The summed E-state index contributed by atoms with van der Waals surface area (Å²) in [6.45, 7) is 4.89. The van der Waals surface area contributed by atoms with Gasteiger partial charge in [-0.15, -0.1) is 0 Å². The van der Waals surface area contributed by atoms with Crippen LogP contribution in [0.5, 0.6) is 0 Å². The maximum Gasteiger partial charge on any atom is 0.234 e. The molecule has 0 aromatic carbocycles. The minimum absolute atomic E-state index is 0.0109. The second-order valence-corrected chi connectivity index (χ2v) is 4.47. The molecular formula is C12H25N3O2. The Kier molecular flexibility index (Phi) is 8.40. The van der Waals surface area contributed by atoms with Crippen molar-refractivity contribution in [1.82, 2.24) is 15.5 Å². The number of carbonyl (C=O) groups is 2. The highest BCUT2D eigenvalue weighted by Gasteiger charge is 2.07. The summed E-state index contributed by atoms with van der Waals surface area (Å²) in [6, 6.07) is 0.220. The fourth-order valence-electron chi connectivity index (χ4n) is 1.45. The molecule has 0 aliphatic rings. The summed E-state index contributed by atoms with van der Waals surface area (Å²) in [7, 11) is 3.45. The molecule has 0 aromatic heterocycles. The summed E-state index contributed by atoms with van der Waals surface area (Å²) in [5.41, 5.74) is 0. The number of hydrogen-bond donors (Lipinski definition) is 2. The molecule has 5 heteroatoms. The fourth-order valence-corrected chi connectivity index (χ4v) is 1.45. The van der Waals surface area contributed by atoms with Gasteiger partial charge in [-0.25, -0.2) is 0 Å². The maximum atomic E-state index is 11.4. The molecule has 5 nitrogen and oxygen atoms in total. The predicted octanol–water partition coefficient (Wildman–Crippen LogP) is 0.359. The van der Waals surface area contributed by atoms with Crippen LogP contribution in [0.3, 0.4) is 0 Å². The molecule has 0 aromatic rings. The van der Waals surface area contributed by atoms with E-state index in [1.165, 1.54) is 0 Å². The molecule has 1 unspecified atom stereocenters. The quantitative estimate of drug-likeness (QED) is 0.605. The third-order valence-electron chi connectivity index (χ3n) is 2.43. The Morgan fingerprint density at radius 2 is 1.94 bits per heavy atom. The molecule has 0 spiro atoms. The van der Waals surface area contributed by atoms with Crippen LogP contribution in [0.1, 0.15) is 33.1 Å². The minimum Gasteiger partial charge on any atom is -0.353 e. The van der Waals surface area contributed by atoms with Crippen molar-refractivity contribution < 1.29 is 9.59 Å². The molecule has 0 aliphatic carbocycles. The number of rotatable bonds is 8. The highest BCUT2D eigenvalue weighted by Crippen LogP contribution is 1.93. The average molecular weight is 243 g/mol. The molecule has 100 valence electrons. The van der Waals surface area contributed by atoms with Gasteiger partial charge in [0.15, 0.2) is 0 Å². The summed E-state index contributed by atoms with van der Waals surface area (Å²) in [5, 5.41) is 5.85. The molecule has 0 radical (unpaired) electrons. The van der Waals surface area contributed by atoms with E-state index in [2.05, 4.69) is 17.6 Å². The van der Waals surface area contributed by atoms with Gasteiger partial charge in [0.25, 0.3) is 0 Å². The summed E-state index contributed by atoms with van der Waals surface area (Å²) in [4.78, 5) is 24.2. The highest BCUT2D eigenvalue weighted by molar-refractivity contribution is 5.78. The number of amides is 2. The number of nitrogens with one attached hydrogen (secondary N) is 2. The Hall–Kier alpha value is -1.10. The van der Waals surface area contributed by atoms with Gasteiger partial charge < -0.3 is 15.5 Å². The fraction of sp³-hybridized carbons (Fsp3) is 0.833. The first kappa shape index (κ1) is 15.9. The average Bonchev–Trinajstić information content (AvgIpc) is 2.24. The number of carbonyl (C=O) groups excluding carboxylic acids is 2. The van der Waals surface area contributed by atoms with Gasteiger partial charge >= 0.3 is 0 Å². The summed E-state index contributed by atoms with van der Waals surface area (Å²) in [6.07, 6.45) is 2.47. The van der Waals surface area contributed by atoms with E-state index < -0.39 is 0 Å². The van der Waals surface area contributed by atoms with Crippen LogP contribution in [0.2, 0.25) is 0 Å². The van der Waals surface area contributed by atoms with Crippen molar-refractivity contribution in [1.29, 1.82) is 0 Å². The van der Waals surface area contributed by atoms with Crippen LogP contribution < -0.4 is 10.6 Å². The van der Waals surface area contributed by atoms with Crippen molar-refractivity contribution in [3.05, 3.63) is 0 Å². The van der Waals surface area contributed by atoms with Crippen molar-refractivity contribution in [2.75, 3.05) is 27.2 Å². The first-order valence-corrected chi connectivity index (χ1v) is 6.17. The molecule has 0 rings (SSSR count). The van der Waals surface area contributed by atoms with E-state index >= 15 is 0 Å². The number of hydrogen-bond acceptors (Lipinski definition) is 3. The Balaban J connectivity index is 3.55. The van der Waals surface area contributed by atoms with E-state index in [9.17, 15) is 9.59 Å². The van der Waals surface area contributed by atoms with Gasteiger partial charge in [-0.05, 0) is 13.3 Å². The van der Waals surface area contributed by atoms with Crippen LogP contribution in [0.25, 0.3) is 0 Å². The van der Waals surface area contributed by atoms with Gasteiger partial charge in [0.05, 0.1) is 6.54 Å². The molecule has 0 bridgehead atoms. The molecule has 0 fully saturated rings. The topological polar surface area (TPSA) is 61.4 Å². The lowest BCUT2D eigenvalue weighted by atomic mass is 10.2. The lowest BCUT2D eigenvalue weighted by Crippen LogP contribution is -2.39. The Labute approximate surface area is 104 Å². The van der Waals surface area contributed by atoms with Crippen molar-refractivity contribution in [3.63, 3.8) is 0 Å². The van der Waals surface area contributed by atoms with Crippen LogP contribution >= 0.6 is 0 Å². The molecule has 0 aliphatic heterocycles. The van der Waals surface area contributed by atoms with Gasteiger partial charge in [0.1, 0.15) is 0 Å². The van der Waals surface area contributed by atoms with E-state index in [1.54, 1.807) is 19.0 Å². The van der Waals surface area contributed by atoms with Gasteiger partial charge in [0.2, 0.25) is 11.8 Å². The van der Waals surface area contributed by atoms with Crippen molar-refractivity contribution in [2.45, 2.75) is 39.2 Å². The second-order valence-electron chi connectivity index (χ2n) is 4.47. The highest BCUT2D eigenvalue weighted by atomic mass is 16.2. The smallest absolute Gasteiger partial charge is 0.234 e. The van der Waals surface area contributed by atoms with E-state index in [1.807, 2.05) is 6.92 Å². The van der Waals surface area contributed by atoms with Crippen molar-refractivity contribution in [2.24, 2.45) is 0 Å². The molecule has 0 saturated carbocycles.